The quantitative estimate of drug-likeness (QED) is 0.443. The van der Waals surface area contributed by atoms with Crippen LogP contribution in [0.1, 0.15) is 13.8 Å². The molecule has 0 aliphatic heterocycles. The van der Waals surface area contributed by atoms with Gasteiger partial charge in [0.1, 0.15) is 0 Å². The van der Waals surface area contributed by atoms with E-state index >= 15 is 0 Å². The molecule has 12 heavy (non-hydrogen) atoms. The first-order valence-corrected chi connectivity index (χ1v) is 3.87. The summed E-state index contributed by atoms with van der Waals surface area (Å²) in [4.78, 5) is 3.92. The van der Waals surface area contributed by atoms with Crippen molar-refractivity contribution < 1.29 is 0 Å². The summed E-state index contributed by atoms with van der Waals surface area (Å²) in [5, 5.41) is 0. The van der Waals surface area contributed by atoms with E-state index in [1.54, 1.807) is 12.4 Å². The topological polar surface area (TPSA) is 12.4 Å². The first-order chi connectivity index (χ1) is 5.72. The summed E-state index contributed by atoms with van der Waals surface area (Å²) >= 11 is 0. The lowest BCUT2D eigenvalue weighted by molar-refractivity contribution is 1.51. The van der Waals surface area contributed by atoms with E-state index in [-0.39, 0.29) is 0 Å². The molecular formula is C11H15N. The first-order valence-electron chi connectivity index (χ1n) is 3.87. The molecule has 0 aliphatic rings. The van der Waals surface area contributed by atoms with Crippen LogP contribution < -0.4 is 0 Å². The third-order valence-electron chi connectivity index (χ3n) is 1.29. The molecule has 0 saturated carbocycles. The van der Waals surface area contributed by atoms with Gasteiger partial charge in [-0.05, 0) is 31.1 Å². The Kier molecular flexibility index (Phi) is 5.62. The zero-order valence-corrected chi connectivity index (χ0v) is 7.75. The maximum absolute atomic E-state index is 3.92. The van der Waals surface area contributed by atoms with Gasteiger partial charge >= 0.3 is 0 Å². The van der Waals surface area contributed by atoms with Gasteiger partial charge in [0.25, 0.3) is 0 Å². The molecule has 1 heteroatoms. The molecule has 0 bridgehead atoms. The van der Waals surface area contributed by atoms with Crippen LogP contribution in [0.2, 0.25) is 0 Å². The lowest BCUT2D eigenvalue weighted by Gasteiger charge is -1.95. The summed E-state index contributed by atoms with van der Waals surface area (Å²) in [5.74, 6) is 0. The van der Waals surface area contributed by atoms with Gasteiger partial charge in [-0.3, -0.25) is 4.99 Å². The summed E-state index contributed by atoms with van der Waals surface area (Å²) in [6, 6.07) is 0. The predicted molar refractivity (Wildman–Crippen MR) is 56.4 cm³/mol. The van der Waals surface area contributed by atoms with E-state index in [0.717, 1.165) is 11.1 Å². The van der Waals surface area contributed by atoms with Crippen LogP contribution in [0.3, 0.4) is 0 Å². The molecule has 0 radical (unpaired) electrons. The highest BCUT2D eigenvalue weighted by Crippen LogP contribution is 2.07. The molecular weight excluding hydrogens is 146 g/mol. The molecule has 0 amide bonds. The van der Waals surface area contributed by atoms with E-state index in [4.69, 9.17) is 0 Å². The third kappa shape index (κ3) is 4.45. The van der Waals surface area contributed by atoms with Crippen molar-refractivity contribution in [1.29, 1.82) is 0 Å². The average molecular weight is 161 g/mol. The molecule has 0 saturated heterocycles. The number of rotatable bonds is 4. The zero-order chi connectivity index (χ0) is 9.40. The van der Waals surface area contributed by atoms with Crippen LogP contribution in [-0.2, 0) is 0 Å². The molecule has 64 valence electrons. The van der Waals surface area contributed by atoms with E-state index in [0.29, 0.717) is 0 Å². The highest BCUT2D eigenvalue weighted by atomic mass is 14.6. The fourth-order valence-electron chi connectivity index (χ4n) is 0.634. The van der Waals surface area contributed by atoms with Crippen molar-refractivity contribution >= 4 is 6.21 Å². The summed E-state index contributed by atoms with van der Waals surface area (Å²) in [6.07, 6.45) is 9.12. The predicted octanol–water partition coefficient (Wildman–Crippen LogP) is 3.28. The summed E-state index contributed by atoms with van der Waals surface area (Å²) < 4.78 is 0. The highest BCUT2D eigenvalue weighted by molar-refractivity contribution is 5.54. The minimum atomic E-state index is 0.888. The second-order valence-corrected chi connectivity index (χ2v) is 2.27. The van der Waals surface area contributed by atoms with Crippen molar-refractivity contribution in [3.05, 3.63) is 48.7 Å². The van der Waals surface area contributed by atoms with Crippen LogP contribution in [-0.4, -0.2) is 6.21 Å². The van der Waals surface area contributed by atoms with Crippen molar-refractivity contribution in [3.8, 4) is 0 Å². The molecule has 0 aromatic carbocycles. The van der Waals surface area contributed by atoms with Gasteiger partial charge in [-0.15, -0.1) is 0 Å². The average Bonchev–Trinajstić information content (AvgIpc) is 2.05. The normalized spacial score (nSPS) is 11.8. The van der Waals surface area contributed by atoms with E-state index in [1.165, 1.54) is 0 Å². The highest BCUT2D eigenvalue weighted by Gasteiger charge is 1.88. The minimum Gasteiger partial charge on any atom is -0.269 e. The molecule has 0 N–H and O–H groups in total. The Hall–Kier alpha value is -1.37. The lowest BCUT2D eigenvalue weighted by Crippen LogP contribution is -1.76. The molecule has 0 aromatic rings. The van der Waals surface area contributed by atoms with E-state index in [2.05, 4.69) is 18.2 Å². The molecule has 0 atom stereocenters. The number of hydrogen-bond acceptors (Lipinski definition) is 1. The van der Waals surface area contributed by atoms with E-state index in [9.17, 15) is 0 Å². The van der Waals surface area contributed by atoms with Gasteiger partial charge in [-0.2, -0.15) is 0 Å². The number of nitrogens with zero attached hydrogens (tertiary/aromatic N) is 1. The molecule has 0 heterocycles. The number of aliphatic imine (C=N–C) groups is 1. The molecule has 0 aromatic heterocycles. The van der Waals surface area contributed by atoms with Gasteiger partial charge in [-0.25, -0.2) is 0 Å². The van der Waals surface area contributed by atoms with Gasteiger partial charge < -0.3 is 0 Å². The Morgan fingerprint density at radius 2 is 1.67 bits per heavy atom. The Labute approximate surface area is 74.5 Å². The largest absolute Gasteiger partial charge is 0.269 e. The van der Waals surface area contributed by atoms with Gasteiger partial charge in [-0.1, -0.05) is 25.3 Å². The number of allylic oxidation sites excluding steroid dienone is 5. The second kappa shape index (κ2) is 6.35. The zero-order valence-electron chi connectivity index (χ0n) is 7.75. The Morgan fingerprint density at radius 3 is 2.17 bits per heavy atom. The molecule has 1 nitrogen and oxygen atoms in total. The van der Waals surface area contributed by atoms with Gasteiger partial charge in [0.05, 0.1) is 0 Å². The van der Waals surface area contributed by atoms with Crippen molar-refractivity contribution in [2.24, 2.45) is 4.99 Å². The fraction of sp³-hybridized carbons (Fsp3) is 0.182. The molecule has 0 spiro atoms. The standard InChI is InChI=1S/C11H15N/c1-5-7-10(3)11(4)8-9-12-6-2/h5-9H,3-4H2,1-2H3/b7-5-,9-8-,12-6?. The maximum atomic E-state index is 3.92. The van der Waals surface area contributed by atoms with Crippen molar-refractivity contribution in [1.82, 2.24) is 0 Å². The van der Waals surface area contributed by atoms with Gasteiger partial charge in [0.15, 0.2) is 0 Å². The molecule has 0 unspecified atom stereocenters. The first kappa shape index (κ1) is 10.6. The molecule has 0 rings (SSSR count). The van der Waals surface area contributed by atoms with Crippen molar-refractivity contribution in [2.45, 2.75) is 13.8 Å². The number of hydrogen-bond donors (Lipinski definition) is 0. The Balaban J connectivity index is 4.13. The van der Waals surface area contributed by atoms with Crippen molar-refractivity contribution in [2.75, 3.05) is 0 Å². The fourth-order valence-corrected chi connectivity index (χ4v) is 0.634. The van der Waals surface area contributed by atoms with Crippen LogP contribution in [0.25, 0.3) is 0 Å². The van der Waals surface area contributed by atoms with E-state index < -0.39 is 0 Å². The Bertz CT molecular complexity index is 242. The minimum absolute atomic E-state index is 0.888. The summed E-state index contributed by atoms with van der Waals surface area (Å²) in [6.45, 7) is 11.5. The maximum Gasteiger partial charge on any atom is 0.0269 e. The second-order valence-electron chi connectivity index (χ2n) is 2.27. The van der Waals surface area contributed by atoms with Crippen molar-refractivity contribution in [3.63, 3.8) is 0 Å². The molecule has 0 aliphatic carbocycles. The molecule has 0 fully saturated rings. The lowest BCUT2D eigenvalue weighted by atomic mass is 10.1. The van der Waals surface area contributed by atoms with Crippen LogP contribution >= 0.6 is 0 Å². The van der Waals surface area contributed by atoms with Crippen LogP contribution in [0.4, 0.5) is 0 Å². The van der Waals surface area contributed by atoms with Crippen LogP contribution in [0.5, 0.6) is 0 Å². The smallest absolute Gasteiger partial charge is 0.0269 e. The Morgan fingerprint density at radius 1 is 1.08 bits per heavy atom. The monoisotopic (exact) mass is 161 g/mol. The third-order valence-corrected chi connectivity index (χ3v) is 1.29. The summed E-state index contributed by atoms with van der Waals surface area (Å²) in [7, 11) is 0. The van der Waals surface area contributed by atoms with Crippen LogP contribution in [0.15, 0.2) is 53.7 Å². The van der Waals surface area contributed by atoms with Gasteiger partial charge in [0.2, 0.25) is 0 Å². The van der Waals surface area contributed by atoms with Crippen LogP contribution in [0, 0.1) is 0 Å². The SMILES string of the molecule is C=C(/C=C\C)C(=C)/C=C\N=CC. The van der Waals surface area contributed by atoms with Gasteiger partial charge in [0, 0.05) is 12.4 Å². The summed E-state index contributed by atoms with van der Waals surface area (Å²) in [5.41, 5.74) is 1.80. The van der Waals surface area contributed by atoms with E-state index in [1.807, 2.05) is 32.1 Å².